The zero-order chi connectivity index (χ0) is 20.0. The normalized spacial score (nSPS) is 30.1. The smallest absolute Gasteiger partial charge is 0.188 e. The molecule has 0 spiro atoms. The molecular formula is C20H41BO4Si. The first-order chi connectivity index (χ1) is 12.0. The van der Waals surface area contributed by atoms with Crippen LogP contribution in [0.15, 0.2) is 0 Å². The highest BCUT2D eigenvalue weighted by Crippen LogP contribution is 2.48. The van der Waals surface area contributed by atoms with Crippen LogP contribution < -0.4 is 0 Å². The minimum atomic E-state index is -2.33. The maximum atomic E-state index is 10.7. The Morgan fingerprint density at radius 3 is 2.27 bits per heavy atom. The van der Waals surface area contributed by atoms with Crippen molar-refractivity contribution in [1.29, 1.82) is 0 Å². The van der Waals surface area contributed by atoms with E-state index in [4.69, 9.17) is 22.1 Å². The summed E-state index contributed by atoms with van der Waals surface area (Å²) in [6.07, 6.45) is 4.96. The van der Waals surface area contributed by atoms with E-state index in [1.165, 1.54) is 0 Å². The molecule has 0 saturated carbocycles. The van der Waals surface area contributed by atoms with Gasteiger partial charge in [-0.05, 0) is 44.3 Å². The van der Waals surface area contributed by atoms with Crippen molar-refractivity contribution in [2.45, 2.75) is 103 Å². The van der Waals surface area contributed by atoms with Crippen LogP contribution in [0.4, 0.5) is 0 Å². The van der Waals surface area contributed by atoms with Crippen LogP contribution >= 0.6 is 0 Å². The maximum Gasteiger partial charge on any atom is 0.188 e. The van der Waals surface area contributed by atoms with Crippen LogP contribution in [-0.4, -0.2) is 58.5 Å². The molecule has 0 aromatic heterocycles. The lowest BCUT2D eigenvalue weighted by Crippen LogP contribution is -2.47. The highest BCUT2D eigenvalue weighted by atomic mass is 28.4. The van der Waals surface area contributed by atoms with E-state index >= 15 is 0 Å². The van der Waals surface area contributed by atoms with Gasteiger partial charge in [-0.1, -0.05) is 40.5 Å². The lowest BCUT2D eigenvalue weighted by atomic mass is 9.77. The monoisotopic (exact) mass is 384 g/mol. The molecule has 0 amide bonds. The summed E-state index contributed by atoms with van der Waals surface area (Å²) in [5.74, 6) is 0.0561. The van der Waals surface area contributed by atoms with E-state index in [0.717, 1.165) is 38.7 Å². The zero-order valence-electron chi connectivity index (χ0n) is 18.1. The number of unbranched alkanes of at least 4 members (excludes halogenated alkanes) is 2. The molecule has 1 fully saturated rings. The lowest BCUT2D eigenvalue weighted by molar-refractivity contribution is -0.123. The Morgan fingerprint density at radius 2 is 1.73 bits per heavy atom. The summed E-state index contributed by atoms with van der Waals surface area (Å²) in [6.45, 7) is 16.6. The van der Waals surface area contributed by atoms with Crippen LogP contribution in [0.5, 0.6) is 0 Å². The Bertz CT molecular complexity index is 413. The van der Waals surface area contributed by atoms with E-state index in [-0.39, 0.29) is 17.1 Å². The first kappa shape index (κ1) is 24.2. The Kier molecular flexibility index (Phi) is 9.35. The number of rotatable bonds is 12. The van der Waals surface area contributed by atoms with Crippen LogP contribution in [0.1, 0.15) is 66.7 Å². The quantitative estimate of drug-likeness (QED) is 0.404. The molecule has 26 heavy (non-hydrogen) atoms. The summed E-state index contributed by atoms with van der Waals surface area (Å²) < 4.78 is 18.4. The average molecular weight is 384 g/mol. The molecule has 1 saturated heterocycles. The van der Waals surface area contributed by atoms with E-state index < -0.39 is 19.9 Å². The summed E-state index contributed by atoms with van der Waals surface area (Å²) in [5, 5.41) is -0.167. The topological polar surface area (TPSA) is 47.9 Å². The summed E-state index contributed by atoms with van der Waals surface area (Å²) in [4.78, 5) is 10.7. The van der Waals surface area contributed by atoms with Gasteiger partial charge in [0.1, 0.15) is 13.4 Å². The van der Waals surface area contributed by atoms with E-state index in [0.29, 0.717) is 13.2 Å². The van der Waals surface area contributed by atoms with Crippen LogP contribution in [0, 0.1) is 5.92 Å². The van der Waals surface area contributed by atoms with Gasteiger partial charge in [0.05, 0.1) is 12.7 Å². The van der Waals surface area contributed by atoms with Crippen molar-refractivity contribution >= 4 is 16.2 Å². The molecule has 1 N–H and O–H groups in total. The first-order valence-electron chi connectivity index (χ1n) is 10.3. The molecule has 1 unspecified atom stereocenters. The number of hydrogen-bond acceptors (Lipinski definition) is 4. The molecule has 1 aliphatic heterocycles. The fraction of sp³-hybridized carbons (Fsp3) is 1.00. The zero-order valence-corrected chi connectivity index (χ0v) is 19.1. The Labute approximate surface area is 163 Å². The van der Waals surface area contributed by atoms with Gasteiger partial charge in [-0.15, -0.1) is 0 Å². The SMILES string of the molecule is [B][C@@H]1O[C@](C)(COCCCC)C(OCCCC)[C@@H]1CC(C)(C)[Si](C)(C)O. The molecule has 0 bridgehead atoms. The summed E-state index contributed by atoms with van der Waals surface area (Å²) in [5.41, 5.74) is -0.539. The van der Waals surface area contributed by atoms with E-state index in [2.05, 4.69) is 34.6 Å². The lowest BCUT2D eigenvalue weighted by Gasteiger charge is -2.40. The fourth-order valence-electron chi connectivity index (χ4n) is 3.44. The molecule has 1 rings (SSSR count). The molecule has 2 radical (unpaired) electrons. The number of ether oxygens (including phenoxy) is 3. The van der Waals surface area contributed by atoms with Gasteiger partial charge in [0, 0.05) is 25.1 Å². The van der Waals surface area contributed by atoms with E-state index in [1.54, 1.807) is 0 Å². The molecule has 152 valence electrons. The average Bonchev–Trinajstić information content (AvgIpc) is 2.74. The Morgan fingerprint density at radius 1 is 1.15 bits per heavy atom. The van der Waals surface area contributed by atoms with Crippen LogP contribution in [-0.2, 0) is 14.2 Å². The second-order valence-corrected chi connectivity index (χ2v) is 13.7. The minimum Gasteiger partial charge on any atom is -0.432 e. The molecule has 0 aromatic rings. The second-order valence-electron chi connectivity index (χ2n) is 9.26. The summed E-state index contributed by atoms with van der Waals surface area (Å²) in [7, 11) is 4.08. The van der Waals surface area contributed by atoms with Crippen molar-refractivity contribution in [3.63, 3.8) is 0 Å². The molecule has 0 aromatic carbocycles. The molecule has 4 atom stereocenters. The van der Waals surface area contributed by atoms with Crippen LogP contribution in [0.2, 0.25) is 18.1 Å². The summed E-state index contributed by atoms with van der Waals surface area (Å²) >= 11 is 0. The van der Waals surface area contributed by atoms with Gasteiger partial charge < -0.3 is 19.0 Å². The third kappa shape index (κ3) is 6.33. The van der Waals surface area contributed by atoms with Gasteiger partial charge in [0.25, 0.3) is 0 Å². The van der Waals surface area contributed by atoms with Gasteiger partial charge in [0.2, 0.25) is 0 Å². The predicted octanol–water partition coefficient (Wildman–Crippen LogP) is 4.26. The predicted molar refractivity (Wildman–Crippen MR) is 111 cm³/mol. The van der Waals surface area contributed by atoms with Gasteiger partial charge in [-0.3, -0.25) is 0 Å². The van der Waals surface area contributed by atoms with Crippen molar-refractivity contribution in [2.24, 2.45) is 5.92 Å². The number of hydrogen-bond donors (Lipinski definition) is 1. The van der Waals surface area contributed by atoms with Gasteiger partial charge in [-0.25, -0.2) is 0 Å². The second kappa shape index (κ2) is 10.1. The van der Waals surface area contributed by atoms with Crippen molar-refractivity contribution in [2.75, 3.05) is 19.8 Å². The van der Waals surface area contributed by atoms with Crippen molar-refractivity contribution < 1.29 is 19.0 Å². The Balaban J connectivity index is 2.92. The molecule has 4 nitrogen and oxygen atoms in total. The van der Waals surface area contributed by atoms with Crippen LogP contribution in [0.25, 0.3) is 0 Å². The standard InChI is InChI=1S/C20H41BO4Si/c1-8-10-12-23-15-20(5)17(24-13-11-9-2)16(18(21)25-20)14-19(3,4)26(6,7)22/h16-18,22H,8-15H2,1-7H3/t16-,17?,18+,20+/m0/s1. The highest BCUT2D eigenvalue weighted by molar-refractivity contribution is 6.72. The van der Waals surface area contributed by atoms with Gasteiger partial charge in [-0.2, -0.15) is 0 Å². The van der Waals surface area contributed by atoms with Gasteiger partial charge in [0.15, 0.2) is 8.32 Å². The maximum absolute atomic E-state index is 10.7. The Hall–Kier alpha value is 0.122. The fourth-order valence-corrected chi connectivity index (χ4v) is 4.18. The van der Waals surface area contributed by atoms with E-state index in [1.807, 2.05) is 13.1 Å². The third-order valence-electron chi connectivity index (χ3n) is 6.05. The van der Waals surface area contributed by atoms with E-state index in [9.17, 15) is 4.80 Å². The minimum absolute atomic E-state index is 0.0561. The highest BCUT2D eigenvalue weighted by Gasteiger charge is 2.54. The first-order valence-corrected chi connectivity index (χ1v) is 13.3. The molecule has 0 aliphatic carbocycles. The third-order valence-corrected chi connectivity index (χ3v) is 9.56. The molecule has 6 heteroatoms. The van der Waals surface area contributed by atoms with Crippen molar-refractivity contribution in [1.82, 2.24) is 0 Å². The molecule has 1 aliphatic rings. The largest absolute Gasteiger partial charge is 0.432 e. The van der Waals surface area contributed by atoms with Crippen molar-refractivity contribution in [3.8, 4) is 0 Å². The van der Waals surface area contributed by atoms with Gasteiger partial charge >= 0.3 is 0 Å². The summed E-state index contributed by atoms with van der Waals surface area (Å²) in [6, 6.07) is -0.392. The molecule has 1 heterocycles. The van der Waals surface area contributed by atoms with Crippen molar-refractivity contribution in [3.05, 3.63) is 0 Å². The molecular weight excluding hydrogens is 343 g/mol. The van der Waals surface area contributed by atoms with Crippen LogP contribution in [0.3, 0.4) is 0 Å².